The van der Waals surface area contributed by atoms with Crippen molar-refractivity contribution in [3.63, 3.8) is 0 Å². The van der Waals surface area contributed by atoms with Crippen molar-refractivity contribution in [2.45, 2.75) is 12.5 Å². The molecule has 1 unspecified atom stereocenters. The number of benzene rings is 3. The molecule has 8 heteroatoms. The number of carbonyl (C=O) groups excluding carboxylic acids is 1. The van der Waals surface area contributed by atoms with Crippen LogP contribution in [0, 0.1) is 17.5 Å². The van der Waals surface area contributed by atoms with Gasteiger partial charge in [-0.15, -0.1) is 0 Å². The van der Waals surface area contributed by atoms with Gasteiger partial charge in [-0.1, -0.05) is 36.4 Å². The van der Waals surface area contributed by atoms with E-state index in [0.29, 0.717) is 16.8 Å². The quantitative estimate of drug-likeness (QED) is 0.443. The van der Waals surface area contributed by atoms with Crippen LogP contribution in [0.2, 0.25) is 0 Å². The van der Waals surface area contributed by atoms with Crippen LogP contribution in [-0.2, 0) is 11.2 Å². The number of amides is 1. The Balaban J connectivity index is 1.66. The molecular formula is C25H18F3N3O2. The molecule has 0 aliphatic heterocycles. The predicted molar refractivity (Wildman–Crippen MR) is 117 cm³/mol. The molecular weight excluding hydrogens is 431 g/mol. The van der Waals surface area contributed by atoms with E-state index in [4.69, 9.17) is 0 Å². The minimum absolute atomic E-state index is 0.0183. The van der Waals surface area contributed by atoms with Gasteiger partial charge in [-0.25, -0.2) is 23.1 Å². The van der Waals surface area contributed by atoms with Gasteiger partial charge in [-0.2, -0.15) is 0 Å². The molecule has 2 N–H and O–H groups in total. The highest BCUT2D eigenvalue weighted by Crippen LogP contribution is 2.28. The molecule has 0 radical (unpaired) electrons. The monoisotopic (exact) mass is 449 g/mol. The Morgan fingerprint density at radius 1 is 0.939 bits per heavy atom. The van der Waals surface area contributed by atoms with Crippen LogP contribution >= 0.6 is 0 Å². The molecule has 1 aromatic heterocycles. The summed E-state index contributed by atoms with van der Waals surface area (Å²) >= 11 is 0. The van der Waals surface area contributed by atoms with E-state index < -0.39 is 29.5 Å². The second kappa shape index (κ2) is 9.62. The summed E-state index contributed by atoms with van der Waals surface area (Å²) in [6, 6.07) is 17.5. The summed E-state index contributed by atoms with van der Waals surface area (Å²) < 4.78 is 39.9. The molecule has 5 nitrogen and oxygen atoms in total. The SMILES string of the molecule is O=C(Cc1ccc(F)c(F)c1)Nc1ncc(-c2ccc(F)cc2)nc1C(O)c1ccccc1. The molecule has 33 heavy (non-hydrogen) atoms. The molecule has 0 fully saturated rings. The van der Waals surface area contributed by atoms with Crippen LogP contribution in [0.5, 0.6) is 0 Å². The van der Waals surface area contributed by atoms with Crippen molar-refractivity contribution in [3.05, 3.63) is 113 Å². The summed E-state index contributed by atoms with van der Waals surface area (Å²) in [5.74, 6) is -2.99. The standard InChI is InChI=1S/C25H18F3N3O2/c26-18-9-7-16(8-10-18)21-14-29-25(23(30-21)24(33)17-4-2-1-3-5-17)31-22(32)13-15-6-11-19(27)20(28)12-15/h1-12,14,24,33H,13H2,(H,29,31,32). The van der Waals surface area contributed by atoms with Gasteiger partial charge in [0.25, 0.3) is 0 Å². The zero-order valence-electron chi connectivity index (χ0n) is 17.2. The normalized spacial score (nSPS) is 11.8. The average molecular weight is 449 g/mol. The first-order valence-corrected chi connectivity index (χ1v) is 10.0. The Hall–Kier alpha value is -4.04. The molecule has 4 aromatic rings. The number of aliphatic hydroxyl groups excluding tert-OH is 1. The third kappa shape index (κ3) is 5.24. The van der Waals surface area contributed by atoms with Crippen LogP contribution in [0.4, 0.5) is 19.0 Å². The molecule has 0 saturated carbocycles. The second-order valence-corrected chi connectivity index (χ2v) is 7.28. The average Bonchev–Trinajstić information content (AvgIpc) is 2.82. The molecule has 4 rings (SSSR count). The van der Waals surface area contributed by atoms with Gasteiger partial charge in [0.15, 0.2) is 17.5 Å². The molecule has 0 aliphatic rings. The van der Waals surface area contributed by atoms with Crippen LogP contribution < -0.4 is 5.32 Å². The smallest absolute Gasteiger partial charge is 0.229 e. The minimum Gasteiger partial charge on any atom is -0.382 e. The molecule has 1 atom stereocenters. The van der Waals surface area contributed by atoms with Crippen LogP contribution in [0.1, 0.15) is 22.9 Å². The van der Waals surface area contributed by atoms with Crippen molar-refractivity contribution < 1.29 is 23.1 Å². The van der Waals surface area contributed by atoms with Crippen molar-refractivity contribution in [2.24, 2.45) is 0 Å². The summed E-state index contributed by atoms with van der Waals surface area (Å²) in [5.41, 5.74) is 1.83. The first-order chi connectivity index (χ1) is 15.9. The molecule has 0 bridgehead atoms. The number of aliphatic hydroxyl groups is 1. The highest BCUT2D eigenvalue weighted by molar-refractivity contribution is 5.92. The number of anilines is 1. The van der Waals surface area contributed by atoms with Gasteiger partial charge in [0, 0.05) is 5.56 Å². The van der Waals surface area contributed by atoms with Crippen molar-refractivity contribution in [3.8, 4) is 11.3 Å². The minimum atomic E-state index is -1.21. The van der Waals surface area contributed by atoms with Crippen molar-refractivity contribution in [1.82, 2.24) is 9.97 Å². The van der Waals surface area contributed by atoms with Gasteiger partial charge in [0.2, 0.25) is 5.91 Å². The Kier molecular flexibility index (Phi) is 6.46. The molecule has 0 saturated heterocycles. The fourth-order valence-electron chi connectivity index (χ4n) is 3.25. The lowest BCUT2D eigenvalue weighted by Crippen LogP contribution is -2.19. The molecule has 1 heterocycles. The van der Waals surface area contributed by atoms with Crippen LogP contribution in [0.3, 0.4) is 0 Å². The van der Waals surface area contributed by atoms with E-state index in [-0.39, 0.29) is 23.5 Å². The maximum Gasteiger partial charge on any atom is 0.229 e. The Bertz CT molecular complexity index is 1280. The van der Waals surface area contributed by atoms with E-state index in [0.717, 1.165) is 12.1 Å². The molecule has 166 valence electrons. The zero-order chi connectivity index (χ0) is 23.4. The first kappa shape index (κ1) is 22.2. The van der Waals surface area contributed by atoms with Crippen LogP contribution in [0.15, 0.2) is 79.0 Å². The Labute approximate surface area is 187 Å². The summed E-state index contributed by atoms with van der Waals surface area (Å²) in [6.45, 7) is 0. The fourth-order valence-corrected chi connectivity index (χ4v) is 3.25. The van der Waals surface area contributed by atoms with Crippen molar-refractivity contribution >= 4 is 11.7 Å². The predicted octanol–water partition coefficient (Wildman–Crippen LogP) is 4.82. The number of rotatable bonds is 6. The van der Waals surface area contributed by atoms with Crippen molar-refractivity contribution in [1.29, 1.82) is 0 Å². The van der Waals surface area contributed by atoms with Gasteiger partial charge in [-0.05, 0) is 47.5 Å². The number of carbonyl (C=O) groups is 1. The number of halogens is 3. The van der Waals surface area contributed by atoms with Gasteiger partial charge >= 0.3 is 0 Å². The number of nitrogens with one attached hydrogen (secondary N) is 1. The van der Waals surface area contributed by atoms with Crippen molar-refractivity contribution in [2.75, 3.05) is 5.32 Å². The summed E-state index contributed by atoms with van der Waals surface area (Å²) in [4.78, 5) is 21.3. The molecule has 1 amide bonds. The topological polar surface area (TPSA) is 75.1 Å². The zero-order valence-corrected chi connectivity index (χ0v) is 17.2. The summed E-state index contributed by atoms with van der Waals surface area (Å²) in [7, 11) is 0. The molecule has 0 spiro atoms. The van der Waals surface area contributed by atoms with E-state index >= 15 is 0 Å². The molecule has 3 aromatic carbocycles. The van der Waals surface area contributed by atoms with E-state index in [2.05, 4.69) is 15.3 Å². The maximum absolute atomic E-state index is 13.5. The third-order valence-electron chi connectivity index (χ3n) is 4.92. The summed E-state index contributed by atoms with van der Waals surface area (Å²) in [6.07, 6.45) is -0.0566. The van der Waals surface area contributed by atoms with Crippen LogP contribution in [0.25, 0.3) is 11.3 Å². The number of hydrogen-bond donors (Lipinski definition) is 2. The van der Waals surface area contributed by atoms with Gasteiger partial charge in [-0.3, -0.25) is 4.79 Å². The highest BCUT2D eigenvalue weighted by atomic mass is 19.2. The maximum atomic E-state index is 13.5. The lowest BCUT2D eigenvalue weighted by molar-refractivity contribution is -0.115. The lowest BCUT2D eigenvalue weighted by Gasteiger charge is -2.16. The fraction of sp³-hybridized carbons (Fsp3) is 0.0800. The number of nitrogens with zero attached hydrogens (tertiary/aromatic N) is 2. The largest absolute Gasteiger partial charge is 0.382 e. The van der Waals surface area contributed by atoms with Gasteiger partial charge in [0.1, 0.15) is 17.6 Å². The first-order valence-electron chi connectivity index (χ1n) is 10.0. The van der Waals surface area contributed by atoms with Crippen LogP contribution in [-0.4, -0.2) is 21.0 Å². The van der Waals surface area contributed by atoms with E-state index in [1.54, 1.807) is 30.3 Å². The summed E-state index contributed by atoms with van der Waals surface area (Å²) in [5, 5.41) is 13.5. The number of aromatic nitrogens is 2. The van der Waals surface area contributed by atoms with E-state index in [1.807, 2.05) is 0 Å². The molecule has 0 aliphatic carbocycles. The van der Waals surface area contributed by atoms with Gasteiger partial charge in [0.05, 0.1) is 18.3 Å². The Morgan fingerprint density at radius 2 is 1.67 bits per heavy atom. The lowest BCUT2D eigenvalue weighted by atomic mass is 10.1. The number of hydrogen-bond acceptors (Lipinski definition) is 4. The van der Waals surface area contributed by atoms with E-state index in [9.17, 15) is 23.1 Å². The van der Waals surface area contributed by atoms with E-state index in [1.165, 1.54) is 36.5 Å². The van der Waals surface area contributed by atoms with Gasteiger partial charge < -0.3 is 10.4 Å². The third-order valence-corrected chi connectivity index (χ3v) is 4.92. The highest BCUT2D eigenvalue weighted by Gasteiger charge is 2.21. The Morgan fingerprint density at radius 3 is 2.36 bits per heavy atom. The second-order valence-electron chi connectivity index (χ2n) is 7.28.